The van der Waals surface area contributed by atoms with E-state index in [-0.39, 0.29) is 24.2 Å². The number of anilines is 1. The molecule has 2 aliphatic heterocycles. The average Bonchev–Trinajstić information content (AvgIpc) is 2.96. The van der Waals surface area contributed by atoms with Crippen LogP contribution in [0, 0.1) is 5.92 Å². The van der Waals surface area contributed by atoms with E-state index in [1.807, 2.05) is 30.1 Å². The summed E-state index contributed by atoms with van der Waals surface area (Å²) in [5.41, 5.74) is 0.698. The normalized spacial score (nSPS) is 22.7. The molecule has 0 saturated carbocycles. The molecule has 0 spiro atoms. The fourth-order valence-corrected chi connectivity index (χ4v) is 3.66. The average molecular weight is 336 g/mol. The second-order valence-corrected chi connectivity index (χ2v) is 6.65. The third-order valence-corrected chi connectivity index (χ3v) is 5.15. The van der Waals surface area contributed by atoms with E-state index >= 15 is 0 Å². The van der Waals surface area contributed by atoms with Gasteiger partial charge in [-0.05, 0) is 32.0 Å². The molecule has 2 fully saturated rings. The number of halogens is 1. The van der Waals surface area contributed by atoms with Gasteiger partial charge in [-0.15, -0.1) is 0 Å². The molecule has 0 bridgehead atoms. The summed E-state index contributed by atoms with van der Waals surface area (Å²) in [6.07, 6.45) is 2.21. The molecule has 1 atom stereocenters. The minimum absolute atomic E-state index is 0.0263. The smallest absolute Gasteiger partial charge is 0.228 e. The molecular formula is C17H22ClN3O2. The van der Waals surface area contributed by atoms with Crippen LogP contribution in [-0.4, -0.2) is 49.4 Å². The summed E-state index contributed by atoms with van der Waals surface area (Å²) in [6.45, 7) is 1.95. The maximum atomic E-state index is 12.7. The second kappa shape index (κ2) is 6.89. The van der Waals surface area contributed by atoms with Crippen LogP contribution in [0.25, 0.3) is 0 Å². The van der Waals surface area contributed by atoms with E-state index in [0.717, 1.165) is 25.9 Å². The number of carbonyl (C=O) groups is 2. The quantitative estimate of drug-likeness (QED) is 0.918. The van der Waals surface area contributed by atoms with Crippen LogP contribution in [0.2, 0.25) is 5.02 Å². The summed E-state index contributed by atoms with van der Waals surface area (Å²) in [4.78, 5) is 28.6. The number of benzene rings is 1. The van der Waals surface area contributed by atoms with Crippen molar-refractivity contribution in [2.24, 2.45) is 5.92 Å². The van der Waals surface area contributed by atoms with Crippen molar-refractivity contribution in [1.29, 1.82) is 0 Å². The molecule has 6 heteroatoms. The van der Waals surface area contributed by atoms with E-state index in [1.54, 1.807) is 11.0 Å². The molecule has 2 aliphatic rings. The van der Waals surface area contributed by atoms with Gasteiger partial charge in [0.25, 0.3) is 0 Å². The Morgan fingerprint density at radius 1 is 1.26 bits per heavy atom. The Morgan fingerprint density at radius 2 is 1.96 bits per heavy atom. The van der Waals surface area contributed by atoms with Crippen molar-refractivity contribution >= 4 is 29.1 Å². The molecule has 1 aromatic carbocycles. The highest BCUT2D eigenvalue weighted by molar-refractivity contribution is 6.33. The van der Waals surface area contributed by atoms with Crippen molar-refractivity contribution in [3.8, 4) is 0 Å². The lowest BCUT2D eigenvalue weighted by Gasteiger charge is -2.33. The van der Waals surface area contributed by atoms with Crippen molar-refractivity contribution in [3.05, 3.63) is 29.3 Å². The van der Waals surface area contributed by atoms with Crippen molar-refractivity contribution in [3.63, 3.8) is 0 Å². The van der Waals surface area contributed by atoms with Crippen molar-refractivity contribution < 1.29 is 9.59 Å². The zero-order chi connectivity index (χ0) is 16.4. The van der Waals surface area contributed by atoms with Gasteiger partial charge < -0.3 is 15.1 Å². The van der Waals surface area contributed by atoms with Crippen LogP contribution in [-0.2, 0) is 9.59 Å². The molecule has 1 unspecified atom stereocenters. The summed E-state index contributed by atoms with van der Waals surface area (Å²) in [7, 11) is 1.96. The summed E-state index contributed by atoms with van der Waals surface area (Å²) in [5, 5.41) is 3.80. The molecule has 2 heterocycles. The maximum absolute atomic E-state index is 12.7. The maximum Gasteiger partial charge on any atom is 0.228 e. The molecule has 0 aromatic heterocycles. The van der Waals surface area contributed by atoms with Gasteiger partial charge in [-0.1, -0.05) is 23.7 Å². The van der Waals surface area contributed by atoms with Gasteiger partial charge in [0, 0.05) is 32.1 Å². The van der Waals surface area contributed by atoms with Gasteiger partial charge in [-0.2, -0.15) is 0 Å². The van der Waals surface area contributed by atoms with Crippen LogP contribution in [0.15, 0.2) is 24.3 Å². The summed E-state index contributed by atoms with van der Waals surface area (Å²) < 4.78 is 0. The van der Waals surface area contributed by atoms with E-state index in [1.165, 1.54) is 0 Å². The SMILES string of the molecule is CNC1CCN(C(=O)C2CC(=O)N(c3ccccc3Cl)C2)CC1. The van der Waals surface area contributed by atoms with Gasteiger partial charge >= 0.3 is 0 Å². The molecule has 2 amide bonds. The van der Waals surface area contributed by atoms with Crippen molar-refractivity contribution in [1.82, 2.24) is 10.2 Å². The lowest BCUT2D eigenvalue weighted by atomic mass is 10.0. The second-order valence-electron chi connectivity index (χ2n) is 6.25. The molecule has 1 aromatic rings. The number of rotatable bonds is 3. The zero-order valence-electron chi connectivity index (χ0n) is 13.3. The van der Waals surface area contributed by atoms with Crippen LogP contribution in [0.5, 0.6) is 0 Å². The van der Waals surface area contributed by atoms with Crippen LogP contribution in [0.3, 0.4) is 0 Å². The number of hydrogen-bond acceptors (Lipinski definition) is 3. The molecular weight excluding hydrogens is 314 g/mol. The molecule has 0 radical (unpaired) electrons. The zero-order valence-corrected chi connectivity index (χ0v) is 14.1. The number of nitrogens with zero attached hydrogens (tertiary/aromatic N) is 2. The lowest BCUT2D eigenvalue weighted by Crippen LogP contribution is -2.46. The molecule has 3 rings (SSSR count). The Bertz CT molecular complexity index is 599. The topological polar surface area (TPSA) is 52.7 Å². The molecule has 124 valence electrons. The highest BCUT2D eigenvalue weighted by Crippen LogP contribution is 2.31. The first kappa shape index (κ1) is 16.3. The minimum atomic E-state index is -0.259. The van der Waals surface area contributed by atoms with Crippen molar-refractivity contribution in [2.45, 2.75) is 25.3 Å². The van der Waals surface area contributed by atoms with Gasteiger partial charge in [0.05, 0.1) is 16.6 Å². The van der Waals surface area contributed by atoms with E-state index in [9.17, 15) is 9.59 Å². The Hall–Kier alpha value is -1.59. The van der Waals surface area contributed by atoms with Gasteiger partial charge in [0.2, 0.25) is 11.8 Å². The Balaban J connectivity index is 1.66. The van der Waals surface area contributed by atoms with Crippen LogP contribution < -0.4 is 10.2 Å². The highest BCUT2D eigenvalue weighted by Gasteiger charge is 2.38. The van der Waals surface area contributed by atoms with Crippen molar-refractivity contribution in [2.75, 3.05) is 31.6 Å². The lowest BCUT2D eigenvalue weighted by molar-refractivity contribution is -0.136. The fraction of sp³-hybridized carbons (Fsp3) is 0.529. The van der Waals surface area contributed by atoms with Gasteiger partial charge in [0.15, 0.2) is 0 Å². The number of hydrogen-bond donors (Lipinski definition) is 1. The number of amides is 2. The van der Waals surface area contributed by atoms with E-state index < -0.39 is 0 Å². The first-order valence-corrected chi connectivity index (χ1v) is 8.49. The molecule has 23 heavy (non-hydrogen) atoms. The third kappa shape index (κ3) is 3.35. The number of para-hydroxylation sites is 1. The Labute approximate surface area is 141 Å². The number of likely N-dealkylation sites (tertiary alicyclic amines) is 1. The minimum Gasteiger partial charge on any atom is -0.342 e. The number of nitrogens with one attached hydrogen (secondary N) is 1. The number of carbonyl (C=O) groups excluding carboxylic acids is 2. The fourth-order valence-electron chi connectivity index (χ4n) is 3.42. The van der Waals surface area contributed by atoms with Gasteiger partial charge in [-0.25, -0.2) is 0 Å². The molecule has 2 saturated heterocycles. The standard InChI is InChI=1S/C17H22ClN3O2/c1-19-13-6-8-20(9-7-13)17(23)12-10-16(22)21(11-12)15-5-3-2-4-14(15)18/h2-5,12-13,19H,6-11H2,1H3. The third-order valence-electron chi connectivity index (χ3n) is 4.83. The van der Waals surface area contributed by atoms with Gasteiger partial charge in [-0.3, -0.25) is 9.59 Å². The molecule has 5 nitrogen and oxygen atoms in total. The number of piperidine rings is 1. The first-order chi connectivity index (χ1) is 11.1. The Morgan fingerprint density at radius 3 is 2.61 bits per heavy atom. The molecule has 0 aliphatic carbocycles. The van der Waals surface area contributed by atoms with Crippen LogP contribution in [0.1, 0.15) is 19.3 Å². The van der Waals surface area contributed by atoms with E-state index in [2.05, 4.69) is 5.32 Å². The van der Waals surface area contributed by atoms with Crippen LogP contribution in [0.4, 0.5) is 5.69 Å². The summed E-state index contributed by atoms with van der Waals surface area (Å²) >= 11 is 6.18. The predicted octanol–water partition coefficient (Wildman–Crippen LogP) is 1.90. The molecule has 1 N–H and O–H groups in total. The highest BCUT2D eigenvalue weighted by atomic mass is 35.5. The largest absolute Gasteiger partial charge is 0.342 e. The predicted molar refractivity (Wildman–Crippen MR) is 90.6 cm³/mol. The van der Waals surface area contributed by atoms with E-state index in [4.69, 9.17) is 11.6 Å². The summed E-state index contributed by atoms with van der Waals surface area (Å²) in [6, 6.07) is 7.77. The van der Waals surface area contributed by atoms with Gasteiger partial charge in [0.1, 0.15) is 0 Å². The monoisotopic (exact) mass is 335 g/mol. The first-order valence-electron chi connectivity index (χ1n) is 8.11. The van der Waals surface area contributed by atoms with Crippen LogP contribution >= 0.6 is 11.6 Å². The Kier molecular flexibility index (Phi) is 4.87. The summed E-state index contributed by atoms with van der Waals surface area (Å²) in [5.74, 6) is -0.186. The van der Waals surface area contributed by atoms with E-state index in [0.29, 0.717) is 23.3 Å².